The average Bonchev–Trinajstić information content (AvgIpc) is 3.42. The molecule has 0 saturated heterocycles. The fraction of sp³-hybridized carbons (Fsp3) is 0.318. The number of thiophene rings is 1. The van der Waals surface area contributed by atoms with Crippen LogP contribution < -0.4 is 10.1 Å². The van der Waals surface area contributed by atoms with Gasteiger partial charge in [0.2, 0.25) is 0 Å². The van der Waals surface area contributed by atoms with Crippen LogP contribution in [-0.4, -0.2) is 33.2 Å². The maximum absolute atomic E-state index is 12.8. The molecule has 0 radical (unpaired) electrons. The Balaban J connectivity index is 1.48. The van der Waals surface area contributed by atoms with Gasteiger partial charge in [0.25, 0.3) is 5.91 Å². The number of benzene rings is 1. The summed E-state index contributed by atoms with van der Waals surface area (Å²) >= 11 is 1.40. The standard InChI is InChI=1S/C22H22N4O6S/c1-2-31-22(28)19-14-7-3-6-10-18(14)33-21(19)23-20(27)15-11-12-25(24-15)13-32-17-9-5-4-8-16(17)26(29)30/h4-5,8-9,11-12H,2-3,6-7,10,13H2,1H3,(H,23,27). The van der Waals surface area contributed by atoms with E-state index in [1.54, 1.807) is 19.1 Å². The molecular formula is C22H22N4O6S. The van der Waals surface area contributed by atoms with Gasteiger partial charge < -0.3 is 14.8 Å². The maximum atomic E-state index is 12.8. The van der Waals surface area contributed by atoms with Gasteiger partial charge in [-0.3, -0.25) is 14.9 Å². The Labute approximate surface area is 193 Å². The van der Waals surface area contributed by atoms with E-state index in [4.69, 9.17) is 9.47 Å². The highest BCUT2D eigenvalue weighted by Gasteiger charge is 2.27. The normalized spacial score (nSPS) is 12.6. The van der Waals surface area contributed by atoms with Crippen LogP contribution in [0, 0.1) is 10.1 Å². The van der Waals surface area contributed by atoms with Crippen molar-refractivity contribution in [3.05, 3.63) is 68.3 Å². The van der Waals surface area contributed by atoms with Gasteiger partial charge in [-0.25, -0.2) is 9.48 Å². The molecule has 3 aromatic rings. The second kappa shape index (κ2) is 9.82. The summed E-state index contributed by atoms with van der Waals surface area (Å²) in [6, 6.07) is 7.53. The lowest BCUT2D eigenvalue weighted by Crippen LogP contribution is -2.17. The number of anilines is 1. The minimum atomic E-state index is -0.529. The van der Waals surface area contributed by atoms with E-state index < -0.39 is 16.8 Å². The molecule has 0 unspecified atom stereocenters. The summed E-state index contributed by atoms with van der Waals surface area (Å²) in [4.78, 5) is 37.1. The van der Waals surface area contributed by atoms with Crippen LogP contribution >= 0.6 is 11.3 Å². The first-order valence-corrected chi connectivity index (χ1v) is 11.3. The smallest absolute Gasteiger partial charge is 0.341 e. The van der Waals surface area contributed by atoms with E-state index in [-0.39, 0.29) is 30.5 Å². The monoisotopic (exact) mass is 470 g/mol. The van der Waals surface area contributed by atoms with E-state index in [0.29, 0.717) is 10.6 Å². The van der Waals surface area contributed by atoms with Gasteiger partial charge in [0.05, 0.1) is 17.1 Å². The van der Waals surface area contributed by atoms with E-state index in [0.717, 1.165) is 36.1 Å². The van der Waals surface area contributed by atoms with Crippen LogP contribution in [0.3, 0.4) is 0 Å². The Morgan fingerprint density at radius 3 is 2.82 bits per heavy atom. The number of nitrogens with zero attached hydrogens (tertiary/aromatic N) is 3. The number of aryl methyl sites for hydroxylation is 1. The summed E-state index contributed by atoms with van der Waals surface area (Å²) < 4.78 is 12.1. The Kier molecular flexibility index (Phi) is 6.68. The quantitative estimate of drug-likeness (QED) is 0.297. The number of carbonyl (C=O) groups is 2. The van der Waals surface area contributed by atoms with Gasteiger partial charge in [0, 0.05) is 17.1 Å². The molecule has 1 amide bonds. The van der Waals surface area contributed by atoms with Gasteiger partial charge in [-0.2, -0.15) is 5.10 Å². The van der Waals surface area contributed by atoms with Gasteiger partial charge >= 0.3 is 11.7 Å². The van der Waals surface area contributed by atoms with E-state index >= 15 is 0 Å². The van der Waals surface area contributed by atoms with E-state index in [1.807, 2.05) is 0 Å². The molecule has 172 valence electrons. The minimum Gasteiger partial charge on any atom is -0.464 e. The first kappa shape index (κ1) is 22.5. The molecule has 1 aliphatic rings. The molecule has 2 aromatic heterocycles. The zero-order valence-electron chi connectivity index (χ0n) is 17.9. The van der Waals surface area contributed by atoms with Crippen molar-refractivity contribution in [3.63, 3.8) is 0 Å². The SMILES string of the molecule is CCOC(=O)c1c(NC(=O)c2ccn(COc3ccccc3[N+](=O)[O-])n2)sc2c1CCCC2. The molecule has 2 heterocycles. The van der Waals surface area contributed by atoms with E-state index in [1.165, 1.54) is 40.4 Å². The summed E-state index contributed by atoms with van der Waals surface area (Å²) in [5, 5.41) is 18.6. The molecule has 0 aliphatic heterocycles. The highest BCUT2D eigenvalue weighted by molar-refractivity contribution is 7.17. The summed E-state index contributed by atoms with van der Waals surface area (Å²) in [6.07, 6.45) is 5.24. The molecule has 0 spiro atoms. The fourth-order valence-corrected chi connectivity index (χ4v) is 4.93. The average molecular weight is 471 g/mol. The Morgan fingerprint density at radius 1 is 1.24 bits per heavy atom. The number of carbonyl (C=O) groups excluding carboxylic acids is 2. The largest absolute Gasteiger partial charge is 0.464 e. The fourth-order valence-electron chi connectivity index (χ4n) is 3.66. The predicted molar refractivity (Wildman–Crippen MR) is 121 cm³/mol. The molecule has 0 fully saturated rings. The van der Waals surface area contributed by atoms with Crippen molar-refractivity contribution < 1.29 is 24.0 Å². The van der Waals surface area contributed by atoms with Gasteiger partial charge in [0.15, 0.2) is 18.2 Å². The van der Waals surface area contributed by atoms with E-state index in [2.05, 4.69) is 10.4 Å². The molecule has 11 heteroatoms. The minimum absolute atomic E-state index is 0.104. The zero-order valence-corrected chi connectivity index (χ0v) is 18.7. The van der Waals surface area contributed by atoms with Gasteiger partial charge in [0.1, 0.15) is 5.00 Å². The Hall–Kier alpha value is -3.73. The van der Waals surface area contributed by atoms with Crippen LogP contribution in [0.15, 0.2) is 36.5 Å². The van der Waals surface area contributed by atoms with Crippen LogP contribution in [0.1, 0.15) is 51.1 Å². The van der Waals surface area contributed by atoms with Crippen molar-refractivity contribution in [2.45, 2.75) is 39.3 Å². The lowest BCUT2D eigenvalue weighted by atomic mass is 9.95. The summed E-state index contributed by atoms with van der Waals surface area (Å²) in [5.41, 5.74) is 1.37. The number of esters is 1. The van der Waals surface area contributed by atoms with Crippen LogP contribution in [0.5, 0.6) is 5.75 Å². The summed E-state index contributed by atoms with van der Waals surface area (Å²) in [5.74, 6) is -0.800. The number of ether oxygens (including phenoxy) is 2. The van der Waals surface area contributed by atoms with Crippen LogP contribution in [0.4, 0.5) is 10.7 Å². The number of rotatable bonds is 8. The molecule has 0 bridgehead atoms. The Morgan fingerprint density at radius 2 is 2.03 bits per heavy atom. The molecule has 0 saturated carbocycles. The molecule has 1 N–H and O–H groups in total. The van der Waals surface area contributed by atoms with Gasteiger partial charge in [-0.05, 0) is 50.3 Å². The van der Waals surface area contributed by atoms with Crippen molar-refractivity contribution in [2.75, 3.05) is 11.9 Å². The summed E-state index contributed by atoms with van der Waals surface area (Å²) in [7, 11) is 0. The van der Waals surface area contributed by atoms with Crippen LogP contribution in [0.2, 0.25) is 0 Å². The predicted octanol–water partition coefficient (Wildman–Crippen LogP) is 4.20. The Bertz CT molecular complexity index is 1200. The summed E-state index contributed by atoms with van der Waals surface area (Å²) in [6.45, 7) is 1.88. The molecular weight excluding hydrogens is 448 g/mol. The second-order valence-electron chi connectivity index (χ2n) is 7.33. The number of aromatic nitrogens is 2. The van der Waals surface area contributed by atoms with Crippen LogP contribution in [-0.2, 0) is 24.3 Å². The van der Waals surface area contributed by atoms with Crippen molar-refractivity contribution in [1.29, 1.82) is 0 Å². The number of fused-ring (bicyclic) bond motifs is 1. The highest BCUT2D eigenvalue weighted by Crippen LogP contribution is 2.38. The molecule has 0 atom stereocenters. The van der Waals surface area contributed by atoms with Crippen molar-refractivity contribution in [2.24, 2.45) is 0 Å². The molecule has 10 nitrogen and oxygen atoms in total. The van der Waals surface area contributed by atoms with Gasteiger partial charge in [-0.1, -0.05) is 12.1 Å². The number of para-hydroxylation sites is 2. The van der Waals surface area contributed by atoms with Crippen molar-refractivity contribution in [3.8, 4) is 5.75 Å². The van der Waals surface area contributed by atoms with Crippen LogP contribution in [0.25, 0.3) is 0 Å². The molecule has 33 heavy (non-hydrogen) atoms. The number of nitrogens with one attached hydrogen (secondary N) is 1. The lowest BCUT2D eigenvalue weighted by molar-refractivity contribution is -0.386. The third-order valence-electron chi connectivity index (χ3n) is 5.17. The molecule has 4 rings (SSSR count). The third kappa shape index (κ3) is 4.87. The van der Waals surface area contributed by atoms with Crippen molar-refractivity contribution >= 4 is 33.9 Å². The van der Waals surface area contributed by atoms with Gasteiger partial charge in [-0.15, -0.1) is 11.3 Å². The topological polar surface area (TPSA) is 126 Å². The maximum Gasteiger partial charge on any atom is 0.341 e. The van der Waals surface area contributed by atoms with E-state index in [9.17, 15) is 19.7 Å². The number of amides is 1. The van der Waals surface area contributed by atoms with Crippen molar-refractivity contribution in [1.82, 2.24) is 9.78 Å². The number of hydrogen-bond acceptors (Lipinski definition) is 8. The first-order chi connectivity index (χ1) is 16.0. The molecule has 1 aliphatic carbocycles. The first-order valence-electron chi connectivity index (χ1n) is 10.5. The number of nitro groups is 1. The molecule has 1 aromatic carbocycles. The second-order valence-corrected chi connectivity index (χ2v) is 8.43. The lowest BCUT2D eigenvalue weighted by Gasteiger charge is -2.12. The zero-order chi connectivity index (χ0) is 23.4. The highest BCUT2D eigenvalue weighted by atomic mass is 32.1. The number of hydrogen-bond donors (Lipinski definition) is 1. The third-order valence-corrected chi connectivity index (χ3v) is 6.37. The number of nitro benzene ring substituents is 1.